The number of rotatable bonds is 4. The average Bonchev–Trinajstić information content (AvgIpc) is 3.22. The summed E-state index contributed by atoms with van der Waals surface area (Å²) in [5.41, 5.74) is 1.12. The number of nitrogens with zero attached hydrogens (tertiary/aromatic N) is 6. The number of hydrogen-bond donors (Lipinski definition) is 0. The first-order valence-corrected chi connectivity index (χ1v) is 8.67. The van der Waals surface area contributed by atoms with E-state index >= 15 is 0 Å². The van der Waals surface area contributed by atoms with Gasteiger partial charge in [0.1, 0.15) is 12.1 Å². The summed E-state index contributed by atoms with van der Waals surface area (Å²) >= 11 is 0. The first-order chi connectivity index (χ1) is 11.6. The highest BCUT2D eigenvalue weighted by Gasteiger charge is 2.40. The van der Waals surface area contributed by atoms with Gasteiger partial charge in [0.25, 0.3) is 0 Å². The van der Waals surface area contributed by atoms with Gasteiger partial charge in [0.15, 0.2) is 5.82 Å². The molecular formula is C17H24N6O. The van der Waals surface area contributed by atoms with Gasteiger partial charge >= 0.3 is 0 Å². The molecule has 0 aliphatic carbocycles. The number of likely N-dealkylation sites (tertiary alicyclic amines) is 1. The smallest absolute Gasteiger partial charge is 0.240 e. The lowest BCUT2D eigenvalue weighted by atomic mass is 10.0. The monoisotopic (exact) mass is 328 g/mol. The first-order valence-electron chi connectivity index (χ1n) is 8.67. The number of aryl methyl sites for hydroxylation is 1. The summed E-state index contributed by atoms with van der Waals surface area (Å²) < 4.78 is 5.24. The molecule has 2 fully saturated rings. The number of anilines is 1. The highest BCUT2D eigenvalue weighted by atomic mass is 16.5. The Hall–Kier alpha value is -2.02. The molecule has 2 aliphatic heterocycles. The molecular weight excluding hydrogens is 304 g/mol. The summed E-state index contributed by atoms with van der Waals surface area (Å²) in [5.74, 6) is 4.31. The summed E-state index contributed by atoms with van der Waals surface area (Å²) in [5, 5.41) is 3.87. The molecule has 2 unspecified atom stereocenters. The minimum Gasteiger partial charge on any atom is -0.356 e. The third kappa shape index (κ3) is 3.00. The molecule has 2 aromatic rings. The Labute approximate surface area is 142 Å². The summed E-state index contributed by atoms with van der Waals surface area (Å²) in [6.07, 6.45) is 1.70. The van der Waals surface area contributed by atoms with Gasteiger partial charge in [0, 0.05) is 37.9 Å². The van der Waals surface area contributed by atoms with Crippen molar-refractivity contribution in [1.29, 1.82) is 0 Å². The van der Waals surface area contributed by atoms with E-state index in [-0.39, 0.29) is 0 Å². The van der Waals surface area contributed by atoms with Crippen LogP contribution in [-0.2, 0) is 6.54 Å². The van der Waals surface area contributed by atoms with Crippen molar-refractivity contribution in [1.82, 2.24) is 25.0 Å². The average molecular weight is 328 g/mol. The van der Waals surface area contributed by atoms with Crippen LogP contribution in [0.5, 0.6) is 0 Å². The van der Waals surface area contributed by atoms with Crippen molar-refractivity contribution < 1.29 is 4.52 Å². The Morgan fingerprint density at radius 1 is 1.17 bits per heavy atom. The standard InChI is InChI=1S/C17H24N6O/c1-11(2)15-4-16(19-10-18-15)23-7-13-5-22(6-14(13)8-23)9-17-20-12(3)21-24-17/h4,10-11,13-14H,5-9H2,1-3H3. The lowest BCUT2D eigenvalue weighted by molar-refractivity contribution is 0.255. The van der Waals surface area contributed by atoms with Crippen LogP contribution in [-0.4, -0.2) is 51.2 Å². The van der Waals surface area contributed by atoms with E-state index in [1.54, 1.807) is 6.33 Å². The van der Waals surface area contributed by atoms with Gasteiger partial charge in [-0.05, 0) is 24.7 Å². The molecule has 2 saturated heterocycles. The van der Waals surface area contributed by atoms with E-state index in [1.165, 1.54) is 0 Å². The van der Waals surface area contributed by atoms with Crippen LogP contribution in [0.2, 0.25) is 0 Å². The zero-order chi connectivity index (χ0) is 16.7. The maximum Gasteiger partial charge on any atom is 0.240 e. The number of aromatic nitrogens is 4. The summed E-state index contributed by atoms with van der Waals surface area (Å²) in [7, 11) is 0. The Kier molecular flexibility index (Phi) is 3.96. The van der Waals surface area contributed by atoms with Crippen molar-refractivity contribution >= 4 is 5.82 Å². The van der Waals surface area contributed by atoms with E-state index in [0.29, 0.717) is 23.6 Å². The second kappa shape index (κ2) is 6.12. The quantitative estimate of drug-likeness (QED) is 0.848. The van der Waals surface area contributed by atoms with Gasteiger partial charge in [-0.25, -0.2) is 9.97 Å². The van der Waals surface area contributed by atoms with Gasteiger partial charge in [0.05, 0.1) is 6.54 Å². The number of fused-ring (bicyclic) bond motifs is 1. The third-order valence-corrected chi connectivity index (χ3v) is 5.08. The Morgan fingerprint density at radius 2 is 1.92 bits per heavy atom. The van der Waals surface area contributed by atoms with Crippen LogP contribution in [0.15, 0.2) is 16.9 Å². The molecule has 2 aromatic heterocycles. The molecule has 0 bridgehead atoms. The van der Waals surface area contributed by atoms with E-state index in [4.69, 9.17) is 4.52 Å². The van der Waals surface area contributed by atoms with Crippen molar-refractivity contribution in [2.45, 2.75) is 33.2 Å². The highest BCUT2D eigenvalue weighted by molar-refractivity contribution is 5.41. The van der Waals surface area contributed by atoms with Gasteiger partial charge < -0.3 is 9.42 Å². The summed E-state index contributed by atoms with van der Waals surface area (Å²) in [4.78, 5) is 18.0. The van der Waals surface area contributed by atoms with Crippen LogP contribution >= 0.6 is 0 Å². The Balaban J connectivity index is 1.38. The molecule has 0 saturated carbocycles. The molecule has 4 heterocycles. The zero-order valence-electron chi connectivity index (χ0n) is 14.5. The summed E-state index contributed by atoms with van der Waals surface area (Å²) in [6.45, 7) is 11.3. The predicted molar refractivity (Wildman–Crippen MR) is 89.6 cm³/mol. The SMILES string of the molecule is Cc1noc(CN2CC3CN(c4cc(C(C)C)ncn4)CC3C2)n1. The normalized spacial score (nSPS) is 24.1. The van der Waals surface area contributed by atoms with Crippen molar-refractivity contribution in [3.05, 3.63) is 29.8 Å². The summed E-state index contributed by atoms with van der Waals surface area (Å²) in [6, 6.07) is 2.14. The Bertz CT molecular complexity index is 701. The van der Waals surface area contributed by atoms with Gasteiger partial charge in [-0.1, -0.05) is 19.0 Å². The molecule has 0 N–H and O–H groups in total. The fourth-order valence-electron chi connectivity index (χ4n) is 3.85. The number of hydrogen-bond acceptors (Lipinski definition) is 7. The Morgan fingerprint density at radius 3 is 2.54 bits per heavy atom. The van der Waals surface area contributed by atoms with Crippen LogP contribution in [0, 0.1) is 18.8 Å². The second-order valence-electron chi connectivity index (χ2n) is 7.31. The molecule has 24 heavy (non-hydrogen) atoms. The van der Waals surface area contributed by atoms with Crippen molar-refractivity contribution in [2.75, 3.05) is 31.1 Å². The zero-order valence-corrected chi connectivity index (χ0v) is 14.5. The van der Waals surface area contributed by atoms with Crippen LogP contribution in [0.1, 0.15) is 37.2 Å². The molecule has 2 aliphatic rings. The van der Waals surface area contributed by atoms with E-state index in [2.05, 4.69) is 49.8 Å². The van der Waals surface area contributed by atoms with E-state index in [0.717, 1.165) is 50.1 Å². The van der Waals surface area contributed by atoms with Gasteiger partial charge in [0.2, 0.25) is 5.89 Å². The molecule has 0 radical (unpaired) electrons. The van der Waals surface area contributed by atoms with Crippen LogP contribution in [0.4, 0.5) is 5.82 Å². The molecule has 7 heteroatoms. The predicted octanol–water partition coefficient (Wildman–Crippen LogP) is 1.86. The fourth-order valence-corrected chi connectivity index (χ4v) is 3.85. The second-order valence-corrected chi connectivity index (χ2v) is 7.31. The van der Waals surface area contributed by atoms with Gasteiger partial charge in [-0.2, -0.15) is 4.98 Å². The van der Waals surface area contributed by atoms with Crippen LogP contribution < -0.4 is 4.90 Å². The van der Waals surface area contributed by atoms with Crippen molar-refractivity contribution in [3.63, 3.8) is 0 Å². The van der Waals surface area contributed by atoms with Crippen molar-refractivity contribution in [2.24, 2.45) is 11.8 Å². The van der Waals surface area contributed by atoms with E-state index < -0.39 is 0 Å². The molecule has 0 aromatic carbocycles. The van der Waals surface area contributed by atoms with Crippen LogP contribution in [0.25, 0.3) is 0 Å². The molecule has 0 amide bonds. The lowest BCUT2D eigenvalue weighted by Gasteiger charge is -2.22. The van der Waals surface area contributed by atoms with Gasteiger partial charge in [-0.3, -0.25) is 4.90 Å². The topological polar surface area (TPSA) is 71.2 Å². The minimum absolute atomic E-state index is 0.433. The molecule has 0 spiro atoms. The maximum absolute atomic E-state index is 5.24. The molecule has 2 atom stereocenters. The molecule has 128 valence electrons. The van der Waals surface area contributed by atoms with E-state index in [1.807, 2.05) is 6.92 Å². The molecule has 4 rings (SSSR count). The third-order valence-electron chi connectivity index (χ3n) is 5.08. The lowest BCUT2D eigenvalue weighted by Crippen LogP contribution is -2.29. The van der Waals surface area contributed by atoms with Crippen molar-refractivity contribution in [3.8, 4) is 0 Å². The molecule has 7 nitrogen and oxygen atoms in total. The first kappa shape index (κ1) is 15.5. The van der Waals surface area contributed by atoms with E-state index in [9.17, 15) is 0 Å². The van der Waals surface area contributed by atoms with Crippen LogP contribution in [0.3, 0.4) is 0 Å². The fraction of sp³-hybridized carbons (Fsp3) is 0.647. The largest absolute Gasteiger partial charge is 0.356 e. The maximum atomic E-state index is 5.24. The highest BCUT2D eigenvalue weighted by Crippen LogP contribution is 2.34. The minimum atomic E-state index is 0.433. The van der Waals surface area contributed by atoms with Gasteiger partial charge in [-0.15, -0.1) is 0 Å².